The molecule has 0 unspecified atom stereocenters. The smallest absolute Gasteiger partial charge is 0.290 e. The lowest BCUT2D eigenvalue weighted by molar-refractivity contribution is 0.0911. The zero-order valence-electron chi connectivity index (χ0n) is 16.5. The van der Waals surface area contributed by atoms with Crippen molar-refractivity contribution < 1.29 is 14.1 Å². The number of hydrogen-bond acceptors (Lipinski definition) is 4. The molecule has 0 fully saturated rings. The Morgan fingerprint density at radius 1 is 0.833 bits per heavy atom. The minimum absolute atomic E-state index is 0.187. The summed E-state index contributed by atoms with van der Waals surface area (Å²) in [6.45, 7) is 1.40. The Hall–Kier alpha value is -3.70. The molecule has 1 N–H and O–H groups in total. The van der Waals surface area contributed by atoms with Crippen LogP contribution >= 0.6 is 0 Å². The molecule has 0 radical (unpaired) electrons. The highest BCUT2D eigenvalue weighted by Gasteiger charge is 2.14. The van der Waals surface area contributed by atoms with Gasteiger partial charge in [-0.3, -0.25) is 4.79 Å². The van der Waals surface area contributed by atoms with Crippen LogP contribution in [-0.2, 0) is 24.5 Å². The molecular formula is C25H22N2O3. The third-order valence-corrected chi connectivity index (χ3v) is 4.73. The molecule has 0 aliphatic heterocycles. The molecule has 30 heavy (non-hydrogen) atoms. The minimum Gasteiger partial charge on any atom is -0.372 e. The molecule has 0 bridgehead atoms. The Labute approximate surface area is 175 Å². The van der Waals surface area contributed by atoms with Crippen LogP contribution in [0.5, 0.6) is 0 Å². The molecule has 150 valence electrons. The number of amides is 1. The van der Waals surface area contributed by atoms with Gasteiger partial charge in [-0.2, -0.15) is 0 Å². The molecule has 0 saturated carbocycles. The molecular weight excluding hydrogens is 376 g/mol. The second-order valence-electron chi connectivity index (χ2n) is 6.87. The summed E-state index contributed by atoms with van der Waals surface area (Å²) in [6.07, 6.45) is 0. The number of carbonyl (C=O) groups is 1. The number of nitrogens with zero attached hydrogens (tertiary/aromatic N) is 1. The fourth-order valence-corrected chi connectivity index (χ4v) is 3.11. The molecule has 0 aliphatic rings. The number of nitrogens with one attached hydrogen (secondary N) is 1. The molecule has 0 atom stereocenters. The van der Waals surface area contributed by atoms with Crippen LogP contribution in [0.15, 0.2) is 95.5 Å². The van der Waals surface area contributed by atoms with E-state index in [4.69, 9.17) is 9.26 Å². The third-order valence-electron chi connectivity index (χ3n) is 4.73. The van der Waals surface area contributed by atoms with E-state index in [9.17, 15) is 4.79 Å². The van der Waals surface area contributed by atoms with Crippen LogP contribution in [0.1, 0.15) is 27.2 Å². The normalized spacial score (nSPS) is 10.7. The molecule has 0 spiro atoms. The lowest BCUT2D eigenvalue weighted by Crippen LogP contribution is -2.23. The summed E-state index contributed by atoms with van der Waals surface area (Å²) in [4.78, 5) is 12.5. The molecule has 5 nitrogen and oxygen atoms in total. The van der Waals surface area contributed by atoms with Gasteiger partial charge in [-0.15, -0.1) is 0 Å². The Kier molecular flexibility index (Phi) is 6.32. The van der Waals surface area contributed by atoms with Gasteiger partial charge in [0, 0.05) is 18.2 Å². The lowest BCUT2D eigenvalue weighted by Gasteiger charge is -2.11. The minimum atomic E-state index is -0.301. The fraction of sp³-hybridized carbons (Fsp3) is 0.120. The summed E-state index contributed by atoms with van der Waals surface area (Å²) in [5.41, 5.74) is 4.71. The van der Waals surface area contributed by atoms with E-state index in [-0.39, 0.29) is 11.7 Å². The van der Waals surface area contributed by atoms with E-state index in [0.29, 0.717) is 25.5 Å². The van der Waals surface area contributed by atoms with Gasteiger partial charge in [0.25, 0.3) is 5.91 Å². The number of rotatable bonds is 8. The molecule has 1 aromatic heterocycles. The molecule has 0 aliphatic carbocycles. The van der Waals surface area contributed by atoms with E-state index in [1.807, 2.05) is 84.9 Å². The van der Waals surface area contributed by atoms with Crippen LogP contribution in [-0.4, -0.2) is 11.1 Å². The maximum absolute atomic E-state index is 12.5. The number of aromatic nitrogens is 1. The fourth-order valence-electron chi connectivity index (χ4n) is 3.11. The van der Waals surface area contributed by atoms with E-state index in [1.54, 1.807) is 6.07 Å². The average Bonchev–Trinajstić information content (AvgIpc) is 3.30. The van der Waals surface area contributed by atoms with Gasteiger partial charge in [-0.25, -0.2) is 0 Å². The standard InChI is InChI=1S/C25H22N2O3/c28-25(24-15-23(27-30-24)20-11-5-2-6-12-20)26-16-21-13-7-8-14-22(21)18-29-17-19-9-3-1-4-10-19/h1-15H,16-18H2,(H,26,28). The lowest BCUT2D eigenvalue weighted by atomic mass is 10.1. The first-order valence-corrected chi connectivity index (χ1v) is 9.78. The number of ether oxygens (including phenoxy) is 1. The van der Waals surface area contributed by atoms with E-state index < -0.39 is 0 Å². The van der Waals surface area contributed by atoms with E-state index in [1.165, 1.54) is 0 Å². The highest BCUT2D eigenvalue weighted by molar-refractivity contribution is 5.92. The van der Waals surface area contributed by atoms with Gasteiger partial charge in [-0.1, -0.05) is 90.1 Å². The Morgan fingerprint density at radius 2 is 1.50 bits per heavy atom. The van der Waals surface area contributed by atoms with Crippen molar-refractivity contribution in [1.29, 1.82) is 0 Å². The molecule has 4 aromatic rings. The predicted octanol–water partition coefficient (Wildman–Crippen LogP) is 4.99. The Morgan fingerprint density at radius 3 is 2.27 bits per heavy atom. The summed E-state index contributed by atoms with van der Waals surface area (Å²) in [6, 6.07) is 29.2. The van der Waals surface area contributed by atoms with Crippen molar-refractivity contribution in [2.24, 2.45) is 0 Å². The average molecular weight is 398 g/mol. The zero-order chi connectivity index (χ0) is 20.6. The van der Waals surface area contributed by atoms with Crippen molar-refractivity contribution in [1.82, 2.24) is 10.5 Å². The molecule has 3 aromatic carbocycles. The second-order valence-corrected chi connectivity index (χ2v) is 6.87. The summed E-state index contributed by atoms with van der Waals surface area (Å²) < 4.78 is 11.1. The first-order valence-electron chi connectivity index (χ1n) is 9.78. The van der Waals surface area contributed by atoms with Gasteiger partial charge in [0.15, 0.2) is 0 Å². The van der Waals surface area contributed by atoms with Crippen molar-refractivity contribution in [2.45, 2.75) is 19.8 Å². The van der Waals surface area contributed by atoms with E-state index in [2.05, 4.69) is 10.5 Å². The quantitative estimate of drug-likeness (QED) is 0.454. The first kappa shape index (κ1) is 19.6. The number of carbonyl (C=O) groups excluding carboxylic acids is 1. The van der Waals surface area contributed by atoms with Gasteiger partial charge in [0.05, 0.1) is 13.2 Å². The van der Waals surface area contributed by atoms with Gasteiger partial charge >= 0.3 is 0 Å². The molecule has 4 rings (SSSR count). The van der Waals surface area contributed by atoms with Crippen molar-refractivity contribution >= 4 is 5.91 Å². The molecule has 0 saturated heterocycles. The van der Waals surface area contributed by atoms with Crippen molar-refractivity contribution in [3.05, 3.63) is 113 Å². The summed E-state index contributed by atoms with van der Waals surface area (Å²) in [7, 11) is 0. The number of benzene rings is 3. The Balaban J connectivity index is 1.35. The van der Waals surface area contributed by atoms with Crippen LogP contribution in [0.25, 0.3) is 11.3 Å². The largest absolute Gasteiger partial charge is 0.372 e. The van der Waals surface area contributed by atoms with Crippen molar-refractivity contribution in [2.75, 3.05) is 0 Å². The van der Waals surface area contributed by atoms with Crippen LogP contribution in [0, 0.1) is 0 Å². The molecule has 1 heterocycles. The van der Waals surface area contributed by atoms with Crippen LogP contribution < -0.4 is 5.32 Å². The highest BCUT2D eigenvalue weighted by Crippen LogP contribution is 2.19. The summed E-state index contributed by atoms with van der Waals surface area (Å²) in [5, 5.41) is 6.89. The first-order chi connectivity index (χ1) is 14.8. The topological polar surface area (TPSA) is 64.4 Å². The highest BCUT2D eigenvalue weighted by atomic mass is 16.5. The van der Waals surface area contributed by atoms with Crippen molar-refractivity contribution in [3.8, 4) is 11.3 Å². The maximum atomic E-state index is 12.5. The van der Waals surface area contributed by atoms with E-state index >= 15 is 0 Å². The second kappa shape index (κ2) is 9.67. The van der Waals surface area contributed by atoms with Crippen molar-refractivity contribution in [3.63, 3.8) is 0 Å². The molecule has 1 amide bonds. The Bertz CT molecular complexity index is 1090. The van der Waals surface area contributed by atoms with Crippen LogP contribution in [0.4, 0.5) is 0 Å². The predicted molar refractivity (Wildman–Crippen MR) is 114 cm³/mol. The van der Waals surface area contributed by atoms with Crippen LogP contribution in [0.3, 0.4) is 0 Å². The number of hydrogen-bond donors (Lipinski definition) is 1. The zero-order valence-corrected chi connectivity index (χ0v) is 16.5. The summed E-state index contributed by atoms with van der Waals surface area (Å²) >= 11 is 0. The van der Waals surface area contributed by atoms with E-state index in [0.717, 1.165) is 22.3 Å². The van der Waals surface area contributed by atoms with Gasteiger partial charge < -0.3 is 14.6 Å². The van der Waals surface area contributed by atoms with Gasteiger partial charge in [0.2, 0.25) is 5.76 Å². The maximum Gasteiger partial charge on any atom is 0.290 e. The monoisotopic (exact) mass is 398 g/mol. The molecule has 5 heteroatoms. The van der Waals surface area contributed by atoms with Crippen LogP contribution in [0.2, 0.25) is 0 Å². The summed E-state index contributed by atoms with van der Waals surface area (Å²) in [5.74, 6) is -0.114. The van der Waals surface area contributed by atoms with Gasteiger partial charge in [-0.05, 0) is 16.7 Å². The SMILES string of the molecule is O=C(NCc1ccccc1COCc1ccccc1)c1cc(-c2ccccc2)no1. The third kappa shape index (κ3) is 5.01. The van der Waals surface area contributed by atoms with Gasteiger partial charge in [0.1, 0.15) is 5.69 Å².